The van der Waals surface area contributed by atoms with Crippen molar-refractivity contribution in [2.45, 2.75) is 18.9 Å². The van der Waals surface area contributed by atoms with Gasteiger partial charge in [-0.3, -0.25) is 9.36 Å². The molecule has 1 aromatic carbocycles. The summed E-state index contributed by atoms with van der Waals surface area (Å²) in [6.45, 7) is 0. The minimum atomic E-state index is -0.408. The van der Waals surface area contributed by atoms with Gasteiger partial charge in [0.05, 0.1) is 5.69 Å². The van der Waals surface area contributed by atoms with E-state index in [1.54, 1.807) is 24.3 Å². The highest BCUT2D eigenvalue weighted by molar-refractivity contribution is 9.10. The number of hydrogen-bond donors (Lipinski definition) is 0. The maximum Gasteiger partial charge on any atom is 0.337 e. The lowest BCUT2D eigenvalue weighted by atomic mass is 10.3. The molecule has 1 saturated carbocycles. The third-order valence-electron chi connectivity index (χ3n) is 3.09. The fourth-order valence-corrected chi connectivity index (χ4v) is 2.59. The molecule has 0 spiro atoms. The van der Waals surface area contributed by atoms with E-state index in [1.165, 1.54) is 10.6 Å². The van der Waals surface area contributed by atoms with Crippen LogP contribution in [-0.4, -0.2) is 9.13 Å². The van der Waals surface area contributed by atoms with Gasteiger partial charge in [-0.05, 0) is 37.1 Å². The van der Waals surface area contributed by atoms with E-state index in [1.807, 2.05) is 0 Å². The van der Waals surface area contributed by atoms with Gasteiger partial charge >= 0.3 is 5.69 Å². The van der Waals surface area contributed by atoms with E-state index in [9.17, 15) is 9.59 Å². The second-order valence-electron chi connectivity index (χ2n) is 4.50. The van der Waals surface area contributed by atoms with Gasteiger partial charge in [0.2, 0.25) is 0 Å². The molecule has 1 fully saturated rings. The summed E-state index contributed by atoms with van der Waals surface area (Å²) >= 11 is 9.32. The first-order chi connectivity index (χ1) is 9.08. The van der Waals surface area contributed by atoms with Crippen molar-refractivity contribution in [3.63, 3.8) is 0 Å². The predicted molar refractivity (Wildman–Crippen MR) is 77.3 cm³/mol. The number of rotatable bonds is 2. The van der Waals surface area contributed by atoms with Crippen molar-refractivity contribution in [2.75, 3.05) is 0 Å². The Bertz CT molecular complexity index is 745. The van der Waals surface area contributed by atoms with Gasteiger partial charge in [-0.25, -0.2) is 9.36 Å². The van der Waals surface area contributed by atoms with Gasteiger partial charge in [0.1, 0.15) is 5.15 Å². The molecule has 19 heavy (non-hydrogen) atoms. The molecule has 98 valence electrons. The fraction of sp³-hybridized carbons (Fsp3) is 0.231. The number of hydrogen-bond acceptors (Lipinski definition) is 2. The van der Waals surface area contributed by atoms with E-state index in [0.717, 1.165) is 21.9 Å². The second kappa shape index (κ2) is 4.65. The Balaban J connectivity index is 2.26. The highest BCUT2D eigenvalue weighted by Crippen LogP contribution is 2.35. The fourth-order valence-electron chi connectivity index (χ4n) is 2.02. The Morgan fingerprint density at radius 1 is 1.16 bits per heavy atom. The minimum absolute atomic E-state index is 0.127. The van der Waals surface area contributed by atoms with Crippen molar-refractivity contribution in [3.05, 3.63) is 60.8 Å². The Morgan fingerprint density at radius 3 is 2.37 bits per heavy atom. The molecule has 1 aromatic heterocycles. The van der Waals surface area contributed by atoms with E-state index in [4.69, 9.17) is 11.6 Å². The van der Waals surface area contributed by atoms with Crippen LogP contribution in [0.5, 0.6) is 0 Å². The first-order valence-corrected chi connectivity index (χ1v) is 7.05. The summed E-state index contributed by atoms with van der Waals surface area (Å²) in [5, 5.41) is 0.214. The van der Waals surface area contributed by atoms with Gasteiger partial charge < -0.3 is 0 Å². The Labute approximate surface area is 122 Å². The van der Waals surface area contributed by atoms with Gasteiger partial charge in [-0.1, -0.05) is 27.5 Å². The van der Waals surface area contributed by atoms with Gasteiger partial charge in [-0.15, -0.1) is 0 Å². The summed E-state index contributed by atoms with van der Waals surface area (Å²) < 4.78 is 3.53. The standard InChI is InChI=1S/C13H10BrClN2O2/c14-8-1-3-10(4-2-8)17-12(18)7-11(15)16(13(17)19)9-5-6-9/h1-4,7,9H,5-6H2. The van der Waals surface area contributed by atoms with Crippen LogP contribution in [-0.2, 0) is 0 Å². The van der Waals surface area contributed by atoms with E-state index in [2.05, 4.69) is 15.9 Å². The lowest BCUT2D eigenvalue weighted by molar-refractivity contribution is 0.646. The average molecular weight is 342 g/mol. The van der Waals surface area contributed by atoms with Crippen LogP contribution in [0.3, 0.4) is 0 Å². The number of nitrogens with zero attached hydrogens (tertiary/aromatic N) is 2. The lowest BCUT2D eigenvalue weighted by Gasteiger charge is -2.11. The summed E-state index contributed by atoms with van der Waals surface area (Å²) in [6.07, 6.45) is 1.86. The third-order valence-corrected chi connectivity index (χ3v) is 3.91. The van der Waals surface area contributed by atoms with Crippen LogP contribution in [0.1, 0.15) is 18.9 Å². The highest BCUT2D eigenvalue weighted by Gasteiger charge is 2.28. The van der Waals surface area contributed by atoms with Crippen LogP contribution in [0, 0.1) is 0 Å². The summed E-state index contributed by atoms with van der Waals surface area (Å²) in [4.78, 5) is 24.4. The van der Waals surface area contributed by atoms with Crippen molar-refractivity contribution in [1.29, 1.82) is 0 Å². The molecular weight excluding hydrogens is 332 g/mol. The van der Waals surface area contributed by atoms with Crippen LogP contribution in [0.15, 0.2) is 44.4 Å². The summed E-state index contributed by atoms with van der Waals surface area (Å²) in [7, 11) is 0. The topological polar surface area (TPSA) is 44.0 Å². The summed E-state index contributed by atoms with van der Waals surface area (Å²) in [5.74, 6) is 0. The van der Waals surface area contributed by atoms with E-state index >= 15 is 0 Å². The van der Waals surface area contributed by atoms with Crippen LogP contribution < -0.4 is 11.2 Å². The SMILES string of the molecule is O=c1cc(Cl)n(C2CC2)c(=O)n1-c1ccc(Br)cc1. The second-order valence-corrected chi connectivity index (χ2v) is 5.80. The normalized spacial score (nSPS) is 14.6. The maximum atomic E-state index is 12.4. The Hall–Kier alpha value is -1.33. The molecule has 0 saturated heterocycles. The molecule has 1 heterocycles. The first-order valence-electron chi connectivity index (χ1n) is 5.88. The zero-order chi connectivity index (χ0) is 13.6. The quantitative estimate of drug-likeness (QED) is 0.788. The zero-order valence-electron chi connectivity index (χ0n) is 9.85. The number of aromatic nitrogens is 2. The molecular formula is C13H10BrClN2O2. The highest BCUT2D eigenvalue weighted by atomic mass is 79.9. The van der Waals surface area contributed by atoms with Crippen LogP contribution in [0.4, 0.5) is 0 Å². The number of halogens is 2. The van der Waals surface area contributed by atoms with Gasteiger partial charge in [-0.2, -0.15) is 0 Å². The van der Waals surface area contributed by atoms with Gasteiger partial charge in [0.15, 0.2) is 0 Å². The molecule has 3 rings (SSSR count). The van der Waals surface area contributed by atoms with Crippen molar-refractivity contribution in [1.82, 2.24) is 9.13 Å². The Kier molecular flexibility index (Phi) is 3.11. The minimum Gasteiger partial charge on any atom is -0.280 e. The monoisotopic (exact) mass is 340 g/mol. The molecule has 0 atom stereocenters. The molecule has 0 N–H and O–H groups in total. The summed E-state index contributed by atoms with van der Waals surface area (Å²) in [6, 6.07) is 8.44. The first kappa shape index (κ1) is 12.7. The van der Waals surface area contributed by atoms with E-state index in [0.29, 0.717) is 5.69 Å². The van der Waals surface area contributed by atoms with E-state index < -0.39 is 5.56 Å². The predicted octanol–water partition coefficient (Wildman–Crippen LogP) is 2.75. The maximum absolute atomic E-state index is 12.4. The molecule has 0 bridgehead atoms. The van der Waals surface area contributed by atoms with Crippen LogP contribution >= 0.6 is 27.5 Å². The van der Waals surface area contributed by atoms with Gasteiger partial charge in [0, 0.05) is 16.6 Å². The van der Waals surface area contributed by atoms with Crippen LogP contribution in [0.25, 0.3) is 5.69 Å². The van der Waals surface area contributed by atoms with Crippen molar-refractivity contribution in [3.8, 4) is 5.69 Å². The van der Waals surface area contributed by atoms with Crippen molar-refractivity contribution in [2.24, 2.45) is 0 Å². The number of benzene rings is 1. The zero-order valence-corrected chi connectivity index (χ0v) is 12.2. The molecule has 1 aliphatic rings. The molecule has 2 aromatic rings. The molecule has 4 nitrogen and oxygen atoms in total. The molecule has 1 aliphatic carbocycles. The van der Waals surface area contributed by atoms with E-state index in [-0.39, 0.29) is 16.9 Å². The van der Waals surface area contributed by atoms with Crippen LogP contribution in [0.2, 0.25) is 5.15 Å². The van der Waals surface area contributed by atoms with Gasteiger partial charge in [0.25, 0.3) is 5.56 Å². The molecule has 6 heteroatoms. The summed E-state index contributed by atoms with van der Waals surface area (Å²) in [5.41, 5.74) is -0.235. The van der Waals surface area contributed by atoms with Crippen molar-refractivity contribution >= 4 is 27.5 Å². The molecule has 0 amide bonds. The largest absolute Gasteiger partial charge is 0.337 e. The third kappa shape index (κ3) is 2.28. The molecule has 0 radical (unpaired) electrons. The average Bonchev–Trinajstić information content (AvgIpc) is 3.15. The lowest BCUT2D eigenvalue weighted by Crippen LogP contribution is -2.38. The Morgan fingerprint density at radius 2 is 1.79 bits per heavy atom. The smallest absolute Gasteiger partial charge is 0.280 e. The van der Waals surface area contributed by atoms with Crippen molar-refractivity contribution < 1.29 is 0 Å². The molecule has 0 aliphatic heterocycles. The molecule has 0 unspecified atom stereocenters.